The fraction of sp³-hybridized carbons (Fsp3) is 0.412. The molecule has 0 unspecified atom stereocenters. The van der Waals surface area contributed by atoms with Crippen LogP contribution in [0.3, 0.4) is 0 Å². The van der Waals surface area contributed by atoms with Crippen LogP contribution in [0.4, 0.5) is 0 Å². The Morgan fingerprint density at radius 1 is 0.944 bits per heavy atom. The largest absolute Gasteiger partial charge is 0.181 e. The van der Waals surface area contributed by atoms with Gasteiger partial charge in [0, 0.05) is 0 Å². The molecule has 0 saturated heterocycles. The molecule has 1 heterocycles. The van der Waals surface area contributed by atoms with Crippen LogP contribution in [0.2, 0.25) is 11.6 Å². The van der Waals surface area contributed by atoms with Crippen molar-refractivity contribution in [1.29, 1.82) is 0 Å². The standard InChI is InChI=1S/C17H25B/c1-14(2)11-17(12-15(3)4)9-7-8-10-18(17)13-16(5)6/h7-10H,1,3,5,11-13H2,2,4,6H3. The van der Waals surface area contributed by atoms with Crippen LogP contribution >= 0.6 is 0 Å². The molecular formula is C17H25B. The highest BCUT2D eigenvalue weighted by Gasteiger charge is 2.38. The van der Waals surface area contributed by atoms with E-state index in [-0.39, 0.29) is 5.31 Å². The molecule has 18 heavy (non-hydrogen) atoms. The van der Waals surface area contributed by atoms with Gasteiger partial charge in [0.05, 0.1) is 0 Å². The van der Waals surface area contributed by atoms with E-state index in [0.29, 0.717) is 6.71 Å². The van der Waals surface area contributed by atoms with Gasteiger partial charge in [0.1, 0.15) is 0 Å². The summed E-state index contributed by atoms with van der Waals surface area (Å²) in [7, 11) is 0. The zero-order chi connectivity index (χ0) is 13.8. The Morgan fingerprint density at radius 3 is 1.94 bits per heavy atom. The van der Waals surface area contributed by atoms with Crippen LogP contribution in [0.15, 0.2) is 60.7 Å². The lowest BCUT2D eigenvalue weighted by atomic mass is 9.28. The summed E-state index contributed by atoms with van der Waals surface area (Å²) in [6.07, 6.45) is 9.77. The third kappa shape index (κ3) is 3.91. The molecule has 1 aliphatic heterocycles. The van der Waals surface area contributed by atoms with E-state index >= 15 is 0 Å². The first-order valence-electron chi connectivity index (χ1n) is 6.65. The number of hydrogen-bond donors (Lipinski definition) is 0. The molecule has 0 aromatic heterocycles. The normalized spacial score (nSPS) is 16.7. The lowest BCUT2D eigenvalue weighted by Gasteiger charge is -2.38. The van der Waals surface area contributed by atoms with Gasteiger partial charge in [0.25, 0.3) is 0 Å². The van der Waals surface area contributed by atoms with Crippen molar-refractivity contribution in [2.75, 3.05) is 0 Å². The van der Waals surface area contributed by atoms with Crippen LogP contribution in [0.25, 0.3) is 0 Å². The molecule has 0 aromatic rings. The highest BCUT2D eigenvalue weighted by molar-refractivity contribution is 6.69. The Balaban J connectivity index is 3.06. The zero-order valence-electron chi connectivity index (χ0n) is 12.1. The van der Waals surface area contributed by atoms with Gasteiger partial charge < -0.3 is 0 Å². The number of allylic oxidation sites excluding steroid dienone is 6. The molecule has 0 radical (unpaired) electrons. The zero-order valence-corrected chi connectivity index (χ0v) is 12.1. The van der Waals surface area contributed by atoms with Crippen molar-refractivity contribution in [3.05, 3.63) is 60.7 Å². The first-order valence-corrected chi connectivity index (χ1v) is 6.65. The van der Waals surface area contributed by atoms with Crippen LogP contribution in [0, 0.1) is 0 Å². The van der Waals surface area contributed by atoms with E-state index in [4.69, 9.17) is 0 Å². The molecule has 0 spiro atoms. The third-order valence-electron chi connectivity index (χ3n) is 3.45. The SMILES string of the molecule is C=C(C)CB1C=CC=CC1(CC(=C)C)CC(=C)C. The summed E-state index contributed by atoms with van der Waals surface area (Å²) in [5.74, 6) is 2.32. The van der Waals surface area contributed by atoms with Gasteiger partial charge in [-0.25, -0.2) is 0 Å². The van der Waals surface area contributed by atoms with Gasteiger partial charge in [-0.1, -0.05) is 34.9 Å². The van der Waals surface area contributed by atoms with Crippen molar-refractivity contribution in [3.8, 4) is 0 Å². The summed E-state index contributed by atoms with van der Waals surface area (Å²) in [5, 5.41) is 0.144. The van der Waals surface area contributed by atoms with Crippen molar-refractivity contribution in [2.24, 2.45) is 0 Å². The van der Waals surface area contributed by atoms with E-state index in [1.165, 1.54) is 16.7 Å². The van der Waals surface area contributed by atoms with E-state index < -0.39 is 0 Å². The molecule has 0 atom stereocenters. The second kappa shape index (κ2) is 6.09. The fourth-order valence-electron chi connectivity index (χ4n) is 2.97. The fourth-order valence-corrected chi connectivity index (χ4v) is 2.97. The van der Waals surface area contributed by atoms with Gasteiger partial charge in [0.15, 0.2) is 6.71 Å². The van der Waals surface area contributed by atoms with Gasteiger partial charge in [-0.2, -0.15) is 0 Å². The van der Waals surface area contributed by atoms with E-state index in [1.807, 2.05) is 0 Å². The Morgan fingerprint density at radius 2 is 1.50 bits per heavy atom. The highest BCUT2D eigenvalue weighted by Crippen LogP contribution is 2.48. The molecule has 0 N–H and O–H groups in total. The van der Waals surface area contributed by atoms with Crippen molar-refractivity contribution in [1.82, 2.24) is 0 Å². The predicted molar refractivity (Wildman–Crippen MR) is 85.2 cm³/mol. The minimum Gasteiger partial charge on any atom is -0.114 e. The van der Waals surface area contributed by atoms with Crippen LogP contribution < -0.4 is 0 Å². The van der Waals surface area contributed by atoms with E-state index in [2.05, 4.69) is 64.7 Å². The molecule has 0 aromatic carbocycles. The quantitative estimate of drug-likeness (QED) is 0.431. The number of hydrogen-bond acceptors (Lipinski definition) is 0. The average molecular weight is 240 g/mol. The Hall–Kier alpha value is -1.24. The first-order chi connectivity index (χ1) is 8.35. The second-order valence-corrected chi connectivity index (χ2v) is 6.01. The summed E-state index contributed by atoms with van der Waals surface area (Å²) in [4.78, 5) is 0. The number of rotatable bonds is 6. The third-order valence-corrected chi connectivity index (χ3v) is 3.45. The maximum atomic E-state index is 4.11. The summed E-state index contributed by atoms with van der Waals surface area (Å²) in [5.41, 5.74) is 3.72. The van der Waals surface area contributed by atoms with Gasteiger partial charge in [0.2, 0.25) is 0 Å². The second-order valence-electron chi connectivity index (χ2n) is 6.01. The Bertz CT molecular complexity index is 393. The monoisotopic (exact) mass is 240 g/mol. The molecule has 96 valence electrons. The van der Waals surface area contributed by atoms with E-state index in [1.54, 1.807) is 0 Å². The molecule has 0 saturated carbocycles. The lowest BCUT2D eigenvalue weighted by Crippen LogP contribution is -2.32. The minimum atomic E-state index is 0.144. The van der Waals surface area contributed by atoms with Crippen LogP contribution in [-0.4, -0.2) is 6.71 Å². The molecule has 1 aliphatic rings. The van der Waals surface area contributed by atoms with Crippen LogP contribution in [0.1, 0.15) is 33.6 Å². The molecule has 0 bridgehead atoms. The van der Waals surface area contributed by atoms with Crippen molar-refractivity contribution in [3.63, 3.8) is 0 Å². The van der Waals surface area contributed by atoms with Gasteiger partial charge >= 0.3 is 0 Å². The van der Waals surface area contributed by atoms with Gasteiger partial charge in [-0.05, 0) is 45.2 Å². The summed E-state index contributed by atoms with van der Waals surface area (Å²) < 4.78 is 0. The molecule has 0 amide bonds. The molecule has 0 nitrogen and oxygen atoms in total. The lowest BCUT2D eigenvalue weighted by molar-refractivity contribution is 0.642. The first kappa shape index (κ1) is 14.8. The summed E-state index contributed by atoms with van der Waals surface area (Å²) >= 11 is 0. The maximum Gasteiger partial charge on any atom is 0.181 e. The van der Waals surface area contributed by atoms with Gasteiger partial charge in [-0.15, -0.1) is 25.7 Å². The maximum absolute atomic E-state index is 4.11. The molecule has 0 aliphatic carbocycles. The molecule has 1 heteroatoms. The topological polar surface area (TPSA) is 0 Å². The van der Waals surface area contributed by atoms with Crippen LogP contribution in [0.5, 0.6) is 0 Å². The average Bonchev–Trinajstić information content (AvgIpc) is 2.18. The highest BCUT2D eigenvalue weighted by atomic mass is 14.3. The van der Waals surface area contributed by atoms with Crippen LogP contribution in [-0.2, 0) is 0 Å². The Labute approximate surface area is 113 Å². The Kier molecular flexibility index (Phi) is 5.01. The smallest absolute Gasteiger partial charge is 0.114 e. The minimum absolute atomic E-state index is 0.144. The predicted octanol–water partition coefficient (Wildman–Crippen LogP) is 5.40. The van der Waals surface area contributed by atoms with E-state index in [9.17, 15) is 0 Å². The summed E-state index contributed by atoms with van der Waals surface area (Å²) in [6.45, 7) is 19.1. The summed E-state index contributed by atoms with van der Waals surface area (Å²) in [6, 6.07) is 0. The van der Waals surface area contributed by atoms with Gasteiger partial charge in [-0.3, -0.25) is 0 Å². The van der Waals surface area contributed by atoms with Crippen molar-refractivity contribution < 1.29 is 0 Å². The molecular weight excluding hydrogens is 215 g/mol. The molecule has 1 rings (SSSR count). The van der Waals surface area contributed by atoms with E-state index in [0.717, 1.165) is 19.2 Å². The molecule has 0 fully saturated rings. The van der Waals surface area contributed by atoms with Crippen molar-refractivity contribution in [2.45, 2.75) is 45.2 Å². The van der Waals surface area contributed by atoms with Crippen molar-refractivity contribution >= 4 is 6.71 Å².